The van der Waals surface area contributed by atoms with Crippen LogP contribution in [0.5, 0.6) is 0 Å². The highest BCUT2D eigenvalue weighted by molar-refractivity contribution is 6.92. The fraction of sp³-hybridized carbons (Fsp3) is 1.00. The first kappa shape index (κ1) is 23.7. The smallest absolute Gasteiger partial charge is 0.0379 e. The predicted octanol–water partition coefficient (Wildman–Crippen LogP) is 4.97. The van der Waals surface area contributed by atoms with Crippen molar-refractivity contribution in [1.29, 1.82) is 0 Å². The summed E-state index contributed by atoms with van der Waals surface area (Å²) >= 11 is 0. The van der Waals surface area contributed by atoms with Crippen molar-refractivity contribution in [2.75, 3.05) is 0 Å². The third-order valence-electron chi connectivity index (χ3n) is 0. The lowest BCUT2D eigenvalue weighted by Crippen LogP contribution is -1.84. The summed E-state index contributed by atoms with van der Waals surface area (Å²) in [5.41, 5.74) is 0. The molecule has 6 radical (unpaired) electrons. The fourth-order valence-corrected chi connectivity index (χ4v) is 0. The topological polar surface area (TPSA) is 0 Å². The summed E-state index contributed by atoms with van der Waals surface area (Å²) in [6.07, 6.45) is 0. The molecule has 0 atom stereocenters. The van der Waals surface area contributed by atoms with Gasteiger partial charge in [-0.1, -0.05) is 58.9 Å². The predicted molar refractivity (Wildman–Crippen MR) is 77.0 cm³/mol. The average Bonchev–Trinajstić information content (AvgIpc) is 1.54. The minimum atomic E-state index is 0. The second-order valence-corrected chi connectivity index (χ2v) is 13.5. The van der Waals surface area contributed by atoms with Crippen molar-refractivity contribution < 1.29 is 0 Å². The summed E-state index contributed by atoms with van der Waals surface area (Å²) in [6, 6.07) is 0. The van der Waals surface area contributed by atoms with Gasteiger partial charge in [-0.2, -0.15) is 0 Å². The highest BCUT2D eigenvalue weighted by Crippen LogP contribution is 1.68. The third-order valence-corrected chi connectivity index (χ3v) is 0. The number of hydrogen-bond donors (Lipinski definition) is 0. The molecule has 0 heterocycles. The third kappa shape index (κ3) is 1380. The Hall–Kier alpha value is 1.08. The van der Waals surface area contributed by atoms with Gasteiger partial charge >= 0.3 is 0 Å². The van der Waals surface area contributed by atoms with Gasteiger partial charge < -0.3 is 0 Å². The van der Waals surface area contributed by atoms with Crippen molar-refractivity contribution in [2.24, 2.45) is 0 Å². The minimum Gasteiger partial charge on any atom is -0.0715 e. The van der Waals surface area contributed by atoms with E-state index in [1.165, 1.54) is 0 Å². The Bertz CT molecular complexity index is 43.4. The summed E-state index contributed by atoms with van der Waals surface area (Å²) in [5.74, 6) is 0. The van der Waals surface area contributed by atoms with E-state index in [0.29, 0.717) is 0 Å². The molecule has 0 spiro atoms. The van der Waals surface area contributed by atoms with Crippen molar-refractivity contribution >= 4 is 36.3 Å². The van der Waals surface area contributed by atoms with E-state index in [1.54, 1.807) is 0 Å². The van der Waals surface area contributed by atoms with Crippen molar-refractivity contribution in [3.63, 3.8) is 0 Å². The monoisotopic (exact) mass is 250 g/mol. The zero-order chi connectivity index (χ0) is 10.7. The van der Waals surface area contributed by atoms with Crippen LogP contribution in [-0.2, 0) is 0 Å². The van der Waals surface area contributed by atoms with Gasteiger partial charge in [0.05, 0.1) is 0 Å². The molecule has 0 aliphatic carbocycles. The molecule has 0 amide bonds. The van der Waals surface area contributed by atoms with E-state index < -0.39 is 0 Å². The van der Waals surface area contributed by atoms with Gasteiger partial charge in [-0.25, -0.2) is 0 Å². The lowest BCUT2D eigenvalue weighted by molar-refractivity contribution is 1.91. The van der Waals surface area contributed by atoms with Crippen LogP contribution in [0.2, 0.25) is 58.9 Å². The first-order valence-corrected chi connectivity index (χ1v) is 13.5. The molecule has 0 fully saturated rings. The van der Waals surface area contributed by atoms with E-state index in [2.05, 4.69) is 58.9 Å². The van der Waals surface area contributed by atoms with E-state index in [0.717, 1.165) is 0 Å². The van der Waals surface area contributed by atoms with Crippen molar-refractivity contribution in [3.8, 4) is 0 Å². The van der Waals surface area contributed by atoms with Crippen LogP contribution in [-0.4, -0.2) is 26.4 Å². The van der Waals surface area contributed by atoms with Gasteiger partial charge in [0.2, 0.25) is 0 Å². The molecule has 13 heavy (non-hydrogen) atoms. The van der Waals surface area contributed by atoms with E-state index in [-0.39, 0.29) is 36.3 Å². The van der Waals surface area contributed by atoms with Crippen molar-refractivity contribution in [3.05, 3.63) is 0 Å². The van der Waals surface area contributed by atoms with E-state index in [4.69, 9.17) is 0 Å². The van der Waals surface area contributed by atoms with Gasteiger partial charge in [0.15, 0.2) is 0 Å². The zero-order valence-electron chi connectivity index (χ0n) is 10.9. The highest BCUT2D eigenvalue weighted by Gasteiger charge is 1.72. The van der Waals surface area contributed by atoms with E-state index in [9.17, 15) is 0 Å². The first-order chi connectivity index (χ1) is 5.20. The van der Waals surface area contributed by atoms with Crippen LogP contribution in [0.1, 0.15) is 0 Å². The maximum atomic E-state index is 2.27. The molecule has 0 rings (SSSR count). The zero-order valence-corrected chi connectivity index (χ0v) is 14.8. The second-order valence-electron chi connectivity index (χ2n) is 4.50. The van der Waals surface area contributed by atoms with Crippen LogP contribution in [0.3, 0.4) is 0 Å². The molecule has 0 saturated carbocycles. The molecule has 0 aromatic rings. The van der Waals surface area contributed by atoms with Gasteiger partial charge in [0.1, 0.15) is 0 Å². The normalized spacial score (nSPS) is 8.31. The standard InChI is InChI=1S/3C3H9Si.P/c3*1-4(2)3;/h3*1-3H3;. The summed E-state index contributed by atoms with van der Waals surface area (Å²) in [7, 11) is 0.361. The van der Waals surface area contributed by atoms with Crippen molar-refractivity contribution in [2.45, 2.75) is 58.9 Å². The van der Waals surface area contributed by atoms with Crippen molar-refractivity contribution in [1.82, 2.24) is 0 Å². The quantitative estimate of drug-likeness (QED) is 0.420. The Kier molecular flexibility index (Phi) is 34.3. The van der Waals surface area contributed by atoms with Crippen LogP contribution in [0.15, 0.2) is 0 Å². The Morgan fingerprint density at radius 3 is 0.385 bits per heavy atom. The Balaban J connectivity index is -0.0000000450. The summed E-state index contributed by atoms with van der Waals surface area (Å²) in [6.45, 7) is 20.4. The maximum Gasteiger partial charge on any atom is 0.0379 e. The van der Waals surface area contributed by atoms with Gasteiger partial charge in [-0.05, 0) is 0 Å². The molecule has 0 N–H and O–H groups in total. The molecule has 80 valence electrons. The first-order valence-electron chi connectivity index (χ1n) is 4.50. The minimum absolute atomic E-state index is 0. The summed E-state index contributed by atoms with van der Waals surface area (Å²) in [5, 5.41) is 0. The van der Waals surface area contributed by atoms with Gasteiger partial charge in [-0.15, -0.1) is 0 Å². The maximum absolute atomic E-state index is 2.27. The van der Waals surface area contributed by atoms with Crippen LogP contribution in [0, 0.1) is 0 Å². The molecule has 0 aromatic carbocycles. The Morgan fingerprint density at radius 2 is 0.385 bits per heavy atom. The molecule has 0 saturated heterocycles. The van der Waals surface area contributed by atoms with E-state index >= 15 is 0 Å². The highest BCUT2D eigenvalue weighted by atomic mass is 31.0. The van der Waals surface area contributed by atoms with Gasteiger partial charge in [0.25, 0.3) is 0 Å². The van der Waals surface area contributed by atoms with Gasteiger partial charge in [0, 0.05) is 36.3 Å². The second kappa shape index (κ2) is 18.8. The SMILES string of the molecule is C[Si](C)C.C[Si](C)C.C[Si](C)C.[P]. The van der Waals surface area contributed by atoms with E-state index in [1.807, 2.05) is 0 Å². The van der Waals surface area contributed by atoms with Crippen LogP contribution < -0.4 is 0 Å². The lowest BCUT2D eigenvalue weighted by atomic mass is 11.8. The fourth-order valence-electron chi connectivity index (χ4n) is 0. The van der Waals surface area contributed by atoms with Crippen LogP contribution >= 0.6 is 9.90 Å². The Labute approximate surface area is 95.4 Å². The molecule has 0 unspecified atom stereocenters. The van der Waals surface area contributed by atoms with Gasteiger partial charge in [-0.3, -0.25) is 0 Å². The lowest BCUT2D eigenvalue weighted by Gasteiger charge is -1.75. The molecule has 4 heteroatoms. The average molecular weight is 251 g/mol. The Morgan fingerprint density at radius 1 is 0.385 bits per heavy atom. The number of hydrogen-bond acceptors (Lipinski definition) is 0. The molecule has 0 aromatic heterocycles. The molecular weight excluding hydrogens is 223 g/mol. The van der Waals surface area contributed by atoms with Crippen LogP contribution in [0.25, 0.3) is 0 Å². The molecule has 0 aliphatic rings. The molecular formula is C9H27PSi3. The largest absolute Gasteiger partial charge is 0.0715 e. The summed E-state index contributed by atoms with van der Waals surface area (Å²) in [4.78, 5) is 0. The number of rotatable bonds is 0. The molecule has 0 nitrogen and oxygen atoms in total. The van der Waals surface area contributed by atoms with Crippen LogP contribution in [0.4, 0.5) is 0 Å². The molecule has 0 bridgehead atoms. The summed E-state index contributed by atoms with van der Waals surface area (Å²) < 4.78 is 0. The molecule has 0 aliphatic heterocycles.